The number of aryl methyl sites for hydroxylation is 1. The molecule has 4 rings (SSSR count). The number of benzene rings is 2. The molecule has 1 aliphatic heterocycles. The van der Waals surface area contributed by atoms with Gasteiger partial charge in [-0.2, -0.15) is 0 Å². The third kappa shape index (κ3) is 3.90. The highest BCUT2D eigenvalue weighted by molar-refractivity contribution is 5.96. The lowest BCUT2D eigenvalue weighted by Gasteiger charge is -2.35. The van der Waals surface area contributed by atoms with Crippen molar-refractivity contribution >= 4 is 28.2 Å². The summed E-state index contributed by atoms with van der Waals surface area (Å²) in [5.74, 6) is 0.0113. The highest BCUT2D eigenvalue weighted by Gasteiger charge is 2.17. The van der Waals surface area contributed by atoms with Crippen LogP contribution in [0.5, 0.6) is 0 Å². The molecule has 2 N–H and O–H groups in total. The molecule has 1 saturated heterocycles. The largest absolute Gasteiger partial charge is 0.369 e. The van der Waals surface area contributed by atoms with E-state index in [0.29, 0.717) is 6.42 Å². The number of aromatic nitrogens is 1. The number of nitrogens with zero attached hydrogens (tertiary/aromatic N) is 2. The first-order valence-electron chi connectivity index (χ1n) is 10.1. The molecule has 0 spiro atoms. The first kappa shape index (κ1) is 18.6. The number of nitrogens with one attached hydrogen (secondary N) is 2. The monoisotopic (exact) mass is 376 g/mol. The fraction of sp³-hybridized carbons (Fsp3) is 0.348. The number of rotatable bonds is 5. The van der Waals surface area contributed by atoms with Crippen LogP contribution >= 0.6 is 0 Å². The number of H-pyrrole nitrogens is 1. The number of carbonyl (C=O) groups is 1. The maximum atomic E-state index is 12.6. The molecule has 1 aliphatic rings. The van der Waals surface area contributed by atoms with Crippen LogP contribution in [0.25, 0.3) is 10.9 Å². The number of anilines is 2. The minimum atomic E-state index is 0.0113. The van der Waals surface area contributed by atoms with E-state index in [4.69, 9.17) is 0 Å². The van der Waals surface area contributed by atoms with Crippen LogP contribution in [0.3, 0.4) is 0 Å². The fourth-order valence-electron chi connectivity index (χ4n) is 3.95. The normalized spacial score (nSPS) is 15.1. The highest BCUT2D eigenvalue weighted by Crippen LogP contribution is 2.24. The molecule has 3 aromatic rings. The van der Waals surface area contributed by atoms with Gasteiger partial charge in [-0.05, 0) is 48.9 Å². The van der Waals surface area contributed by atoms with Crippen molar-refractivity contribution in [2.24, 2.45) is 0 Å². The van der Waals surface area contributed by atoms with Crippen LogP contribution in [-0.2, 0) is 11.2 Å². The Kier molecular flexibility index (Phi) is 5.35. The number of hydrogen-bond donors (Lipinski definition) is 2. The predicted octanol–water partition coefficient (Wildman–Crippen LogP) is 3.80. The van der Waals surface area contributed by atoms with Crippen LogP contribution < -0.4 is 10.2 Å². The molecule has 0 unspecified atom stereocenters. The van der Waals surface area contributed by atoms with Crippen molar-refractivity contribution in [1.29, 1.82) is 0 Å². The maximum Gasteiger partial charge on any atom is 0.228 e. The lowest BCUT2D eigenvalue weighted by Crippen LogP contribution is -2.46. The number of carbonyl (C=O) groups excluding carboxylic acids is 1. The summed E-state index contributed by atoms with van der Waals surface area (Å²) in [7, 11) is 0. The first-order chi connectivity index (χ1) is 13.6. The Morgan fingerprint density at radius 2 is 1.89 bits per heavy atom. The van der Waals surface area contributed by atoms with E-state index >= 15 is 0 Å². The number of piperazine rings is 1. The van der Waals surface area contributed by atoms with E-state index in [2.05, 4.69) is 46.1 Å². The lowest BCUT2D eigenvalue weighted by molar-refractivity contribution is -0.115. The van der Waals surface area contributed by atoms with Gasteiger partial charge in [0, 0.05) is 54.7 Å². The molecule has 1 fully saturated rings. The summed E-state index contributed by atoms with van der Waals surface area (Å²) in [5.41, 5.74) is 5.32. The zero-order valence-electron chi connectivity index (χ0n) is 16.7. The lowest BCUT2D eigenvalue weighted by atomic mass is 10.1. The summed E-state index contributed by atoms with van der Waals surface area (Å²) in [6.07, 6.45) is 2.29. The summed E-state index contributed by atoms with van der Waals surface area (Å²) in [5, 5.41) is 4.19. The van der Waals surface area contributed by atoms with Gasteiger partial charge in [0.15, 0.2) is 0 Å². The molecule has 5 heteroatoms. The van der Waals surface area contributed by atoms with E-state index in [1.54, 1.807) is 0 Å². The van der Waals surface area contributed by atoms with Gasteiger partial charge in [-0.25, -0.2) is 0 Å². The molecule has 2 aromatic carbocycles. The van der Waals surface area contributed by atoms with Crippen molar-refractivity contribution in [3.8, 4) is 0 Å². The molecule has 1 amide bonds. The standard InChI is InChI=1S/C23H28N4O/c1-3-26-10-12-27(13-11-26)19-8-9-21(17(2)14-19)25-23(28)15-18-16-24-22-7-5-4-6-20(18)22/h4-9,14,16,24H,3,10-13,15H2,1-2H3,(H,25,28). The Balaban J connectivity index is 1.41. The molecule has 0 aliphatic carbocycles. The second-order valence-corrected chi connectivity index (χ2v) is 7.50. The minimum absolute atomic E-state index is 0.0113. The van der Waals surface area contributed by atoms with Crippen LogP contribution in [0.1, 0.15) is 18.1 Å². The molecule has 0 bridgehead atoms. The van der Waals surface area contributed by atoms with Crippen LogP contribution in [0.2, 0.25) is 0 Å². The average molecular weight is 377 g/mol. The van der Waals surface area contributed by atoms with Crippen LogP contribution in [0.4, 0.5) is 11.4 Å². The predicted molar refractivity (Wildman–Crippen MR) is 116 cm³/mol. The zero-order chi connectivity index (χ0) is 19.5. The highest BCUT2D eigenvalue weighted by atomic mass is 16.1. The van der Waals surface area contributed by atoms with Gasteiger partial charge in [0.1, 0.15) is 0 Å². The molecule has 0 radical (unpaired) electrons. The van der Waals surface area contributed by atoms with Crippen molar-refractivity contribution in [3.63, 3.8) is 0 Å². The molecule has 2 heterocycles. The molecule has 28 heavy (non-hydrogen) atoms. The van der Waals surface area contributed by atoms with Crippen molar-refractivity contribution < 1.29 is 4.79 Å². The van der Waals surface area contributed by atoms with E-state index in [-0.39, 0.29) is 5.91 Å². The van der Waals surface area contributed by atoms with Crippen LogP contribution in [-0.4, -0.2) is 48.5 Å². The maximum absolute atomic E-state index is 12.6. The Labute approximate surface area is 166 Å². The fourth-order valence-corrected chi connectivity index (χ4v) is 3.95. The van der Waals surface area contributed by atoms with Gasteiger partial charge in [0.05, 0.1) is 6.42 Å². The van der Waals surface area contributed by atoms with Gasteiger partial charge in [-0.1, -0.05) is 25.1 Å². The van der Waals surface area contributed by atoms with Crippen LogP contribution in [0.15, 0.2) is 48.7 Å². The van der Waals surface area contributed by atoms with Crippen LogP contribution in [0, 0.1) is 6.92 Å². The summed E-state index contributed by atoms with van der Waals surface area (Å²) < 4.78 is 0. The van der Waals surface area contributed by atoms with Crippen molar-refractivity contribution in [2.75, 3.05) is 42.9 Å². The van der Waals surface area contributed by atoms with Gasteiger partial charge >= 0.3 is 0 Å². The number of aromatic amines is 1. The SMILES string of the molecule is CCN1CCN(c2ccc(NC(=O)Cc3c[nH]c4ccccc34)c(C)c2)CC1. The van der Waals surface area contributed by atoms with Gasteiger partial charge in [0.25, 0.3) is 0 Å². The van der Waals surface area contributed by atoms with Gasteiger partial charge < -0.3 is 20.1 Å². The summed E-state index contributed by atoms with van der Waals surface area (Å²) in [6, 6.07) is 14.4. The Bertz CT molecular complexity index is 970. The van der Waals surface area contributed by atoms with E-state index < -0.39 is 0 Å². The smallest absolute Gasteiger partial charge is 0.228 e. The number of likely N-dealkylation sites (N-methyl/N-ethyl adjacent to an activating group) is 1. The Hall–Kier alpha value is -2.79. The minimum Gasteiger partial charge on any atom is -0.369 e. The molecule has 146 valence electrons. The average Bonchev–Trinajstić information content (AvgIpc) is 3.12. The molecule has 1 aromatic heterocycles. The van der Waals surface area contributed by atoms with Crippen molar-refractivity contribution in [3.05, 3.63) is 59.8 Å². The number of fused-ring (bicyclic) bond motifs is 1. The third-order valence-electron chi connectivity index (χ3n) is 5.69. The topological polar surface area (TPSA) is 51.4 Å². The van der Waals surface area contributed by atoms with Crippen molar-refractivity contribution in [2.45, 2.75) is 20.3 Å². The molecule has 0 atom stereocenters. The molecular weight excluding hydrogens is 348 g/mol. The number of para-hydroxylation sites is 1. The first-order valence-corrected chi connectivity index (χ1v) is 10.1. The summed E-state index contributed by atoms with van der Waals surface area (Å²) in [4.78, 5) is 20.7. The van der Waals surface area contributed by atoms with Gasteiger partial charge in [0.2, 0.25) is 5.91 Å². The van der Waals surface area contributed by atoms with Crippen molar-refractivity contribution in [1.82, 2.24) is 9.88 Å². The van der Waals surface area contributed by atoms with Gasteiger partial charge in [-0.3, -0.25) is 4.79 Å². The summed E-state index contributed by atoms with van der Waals surface area (Å²) >= 11 is 0. The van der Waals surface area contributed by atoms with Gasteiger partial charge in [-0.15, -0.1) is 0 Å². The van der Waals surface area contributed by atoms with E-state index in [9.17, 15) is 4.79 Å². The quantitative estimate of drug-likeness (QED) is 0.712. The van der Waals surface area contributed by atoms with E-state index in [1.807, 2.05) is 36.5 Å². The molecule has 5 nitrogen and oxygen atoms in total. The Morgan fingerprint density at radius 1 is 1.11 bits per heavy atom. The summed E-state index contributed by atoms with van der Waals surface area (Å²) in [6.45, 7) is 9.73. The Morgan fingerprint density at radius 3 is 2.64 bits per heavy atom. The number of hydrogen-bond acceptors (Lipinski definition) is 3. The molecule has 0 saturated carbocycles. The second-order valence-electron chi connectivity index (χ2n) is 7.50. The molecular formula is C23H28N4O. The number of amides is 1. The second kappa shape index (κ2) is 8.07. The zero-order valence-corrected chi connectivity index (χ0v) is 16.7. The third-order valence-corrected chi connectivity index (χ3v) is 5.69. The van der Waals surface area contributed by atoms with E-state index in [1.165, 1.54) is 5.69 Å². The van der Waals surface area contributed by atoms with E-state index in [0.717, 1.165) is 60.4 Å².